The molecule has 0 bridgehead atoms. The molecule has 2 unspecified atom stereocenters. The number of nitrogens with two attached hydrogens (primary N) is 1. The minimum absolute atomic E-state index is 0.191. The van der Waals surface area contributed by atoms with Crippen molar-refractivity contribution in [2.45, 2.75) is 37.3 Å². The molecule has 0 radical (unpaired) electrons. The summed E-state index contributed by atoms with van der Waals surface area (Å²) in [4.78, 5) is 16.6. The van der Waals surface area contributed by atoms with Gasteiger partial charge in [-0.2, -0.15) is 0 Å². The van der Waals surface area contributed by atoms with Gasteiger partial charge in [0, 0.05) is 32.2 Å². The van der Waals surface area contributed by atoms with Crippen LogP contribution < -0.4 is 11.1 Å². The summed E-state index contributed by atoms with van der Waals surface area (Å²) >= 11 is 0. The lowest BCUT2D eigenvalue weighted by atomic mass is 9.77. The summed E-state index contributed by atoms with van der Waals surface area (Å²) in [6, 6.07) is 0.507. The summed E-state index contributed by atoms with van der Waals surface area (Å²) in [5, 5.41) is 3.18. The van der Waals surface area contributed by atoms with Crippen LogP contribution in [0.4, 0.5) is 0 Å². The molecule has 0 aromatic carbocycles. The maximum Gasteiger partial charge on any atom is 0.237 e. The molecule has 3 N–H and O–H groups in total. The van der Waals surface area contributed by atoms with E-state index in [4.69, 9.17) is 5.73 Å². The van der Waals surface area contributed by atoms with E-state index in [2.05, 4.69) is 22.2 Å². The first kappa shape index (κ1) is 13.8. The molecule has 1 heterocycles. The fourth-order valence-corrected chi connectivity index (χ4v) is 3.32. The Morgan fingerprint density at radius 1 is 1.33 bits per heavy atom. The smallest absolute Gasteiger partial charge is 0.237 e. The molecule has 1 amide bonds. The molecule has 5 heteroatoms. The third-order valence-corrected chi connectivity index (χ3v) is 4.73. The Balaban J connectivity index is 2.00. The first-order chi connectivity index (χ1) is 8.57. The van der Waals surface area contributed by atoms with Crippen LogP contribution >= 0.6 is 0 Å². The molecule has 5 nitrogen and oxygen atoms in total. The topological polar surface area (TPSA) is 61.6 Å². The van der Waals surface area contributed by atoms with Crippen molar-refractivity contribution in [3.8, 4) is 0 Å². The fourth-order valence-electron chi connectivity index (χ4n) is 3.32. The maximum absolute atomic E-state index is 11.7. The largest absolute Gasteiger partial charge is 0.368 e. The predicted octanol–water partition coefficient (Wildman–Crippen LogP) is -0.380. The van der Waals surface area contributed by atoms with E-state index >= 15 is 0 Å². The number of primary amides is 1. The molecule has 2 rings (SSSR count). The van der Waals surface area contributed by atoms with E-state index in [1.165, 1.54) is 6.42 Å². The fraction of sp³-hybridized carbons (Fsp3) is 0.923. The molecule has 2 atom stereocenters. The van der Waals surface area contributed by atoms with Gasteiger partial charge < -0.3 is 16.0 Å². The third-order valence-electron chi connectivity index (χ3n) is 4.73. The zero-order chi connectivity index (χ0) is 13.2. The first-order valence-corrected chi connectivity index (χ1v) is 6.99. The average molecular weight is 254 g/mol. The predicted molar refractivity (Wildman–Crippen MR) is 72.3 cm³/mol. The summed E-state index contributed by atoms with van der Waals surface area (Å²) in [5.74, 6) is -0.191. The highest BCUT2D eigenvalue weighted by Gasteiger charge is 2.41. The lowest BCUT2D eigenvalue weighted by Crippen LogP contribution is -2.61. The second-order valence-corrected chi connectivity index (χ2v) is 5.79. The summed E-state index contributed by atoms with van der Waals surface area (Å²) in [7, 11) is 4.02. The Morgan fingerprint density at radius 2 is 2.00 bits per heavy atom. The van der Waals surface area contributed by atoms with Crippen LogP contribution in [-0.4, -0.2) is 67.6 Å². The van der Waals surface area contributed by atoms with Gasteiger partial charge in [-0.05, 0) is 39.8 Å². The van der Waals surface area contributed by atoms with Gasteiger partial charge in [0.2, 0.25) is 5.91 Å². The maximum atomic E-state index is 11.7. The average Bonchev–Trinajstić information content (AvgIpc) is 2.39. The number of piperazine rings is 1. The van der Waals surface area contributed by atoms with E-state index in [9.17, 15) is 4.79 Å². The van der Waals surface area contributed by atoms with Crippen LogP contribution in [-0.2, 0) is 4.79 Å². The van der Waals surface area contributed by atoms with E-state index in [0.717, 1.165) is 45.4 Å². The molecular formula is C13H26N4O. The Kier molecular flexibility index (Phi) is 4.25. The third kappa shape index (κ3) is 2.68. The molecule has 0 aromatic heterocycles. The summed E-state index contributed by atoms with van der Waals surface area (Å²) in [6.45, 7) is 4.47. The Bertz CT molecular complexity index is 301. The minimum atomic E-state index is -0.480. The van der Waals surface area contributed by atoms with Crippen molar-refractivity contribution >= 4 is 5.91 Å². The number of carbonyl (C=O) groups excluding carboxylic acids is 1. The Hall–Kier alpha value is -0.650. The second kappa shape index (κ2) is 5.55. The summed E-state index contributed by atoms with van der Waals surface area (Å²) < 4.78 is 0. The van der Waals surface area contributed by atoms with Gasteiger partial charge in [0.15, 0.2) is 0 Å². The molecule has 1 saturated heterocycles. The molecule has 1 saturated carbocycles. The number of carbonyl (C=O) groups is 1. The van der Waals surface area contributed by atoms with Gasteiger partial charge >= 0.3 is 0 Å². The highest BCUT2D eigenvalue weighted by atomic mass is 16.1. The highest BCUT2D eigenvalue weighted by Crippen LogP contribution is 2.31. The molecule has 104 valence electrons. The summed E-state index contributed by atoms with van der Waals surface area (Å²) in [5.41, 5.74) is 5.12. The number of amides is 1. The Labute approximate surface area is 110 Å². The van der Waals surface area contributed by atoms with E-state index in [1.54, 1.807) is 0 Å². The minimum Gasteiger partial charge on any atom is -0.368 e. The van der Waals surface area contributed by atoms with Gasteiger partial charge in [-0.3, -0.25) is 9.69 Å². The number of hydrogen-bond donors (Lipinski definition) is 2. The van der Waals surface area contributed by atoms with Crippen molar-refractivity contribution in [2.75, 3.05) is 40.3 Å². The van der Waals surface area contributed by atoms with Crippen molar-refractivity contribution in [3.05, 3.63) is 0 Å². The SMILES string of the molecule is CNC1(C(N)=O)CCCC(N2CCN(C)CC2)C1. The number of hydrogen-bond acceptors (Lipinski definition) is 4. The highest BCUT2D eigenvalue weighted by molar-refractivity contribution is 5.84. The standard InChI is InChI=1S/C13H26N4O/c1-15-13(12(14)18)5-3-4-11(10-13)17-8-6-16(2)7-9-17/h11,15H,3-10H2,1-2H3,(H2,14,18). The molecule has 18 heavy (non-hydrogen) atoms. The lowest BCUT2D eigenvalue weighted by molar-refractivity contribution is -0.126. The van der Waals surface area contributed by atoms with Crippen LogP contribution in [0.2, 0.25) is 0 Å². The monoisotopic (exact) mass is 254 g/mol. The molecule has 0 aromatic rings. The number of nitrogens with one attached hydrogen (secondary N) is 1. The number of rotatable bonds is 3. The van der Waals surface area contributed by atoms with Crippen molar-refractivity contribution in [1.29, 1.82) is 0 Å². The van der Waals surface area contributed by atoms with E-state index in [1.807, 2.05) is 7.05 Å². The molecule has 1 aliphatic carbocycles. The first-order valence-electron chi connectivity index (χ1n) is 6.99. The molecule has 2 aliphatic rings. The van der Waals surface area contributed by atoms with Gasteiger partial charge in [-0.25, -0.2) is 0 Å². The lowest BCUT2D eigenvalue weighted by Gasteiger charge is -2.45. The van der Waals surface area contributed by atoms with Crippen molar-refractivity contribution in [3.63, 3.8) is 0 Å². The molecule has 0 spiro atoms. The Morgan fingerprint density at radius 3 is 2.56 bits per heavy atom. The van der Waals surface area contributed by atoms with Crippen molar-refractivity contribution in [1.82, 2.24) is 15.1 Å². The summed E-state index contributed by atoms with van der Waals surface area (Å²) in [6.07, 6.45) is 4.02. The van der Waals surface area contributed by atoms with Crippen molar-refractivity contribution in [2.24, 2.45) is 5.73 Å². The quantitative estimate of drug-likeness (QED) is 0.721. The van der Waals surface area contributed by atoms with Crippen LogP contribution in [0.25, 0.3) is 0 Å². The molecule has 2 fully saturated rings. The molecular weight excluding hydrogens is 228 g/mol. The zero-order valence-electron chi connectivity index (χ0n) is 11.6. The van der Waals surface area contributed by atoms with Crippen molar-refractivity contribution < 1.29 is 4.79 Å². The molecule has 1 aliphatic heterocycles. The van der Waals surface area contributed by atoms with Gasteiger partial charge in [0.05, 0.1) is 5.54 Å². The van der Waals surface area contributed by atoms with Crippen LogP contribution in [0.1, 0.15) is 25.7 Å². The van der Waals surface area contributed by atoms with E-state index in [-0.39, 0.29) is 5.91 Å². The van der Waals surface area contributed by atoms with Crippen LogP contribution in [0.5, 0.6) is 0 Å². The van der Waals surface area contributed by atoms with Gasteiger partial charge in [-0.1, -0.05) is 0 Å². The number of nitrogens with zero attached hydrogens (tertiary/aromatic N) is 2. The van der Waals surface area contributed by atoms with Crippen LogP contribution in [0.15, 0.2) is 0 Å². The van der Waals surface area contributed by atoms with Gasteiger partial charge in [-0.15, -0.1) is 0 Å². The van der Waals surface area contributed by atoms with E-state index < -0.39 is 5.54 Å². The zero-order valence-corrected chi connectivity index (χ0v) is 11.6. The normalized spacial score (nSPS) is 35.6. The van der Waals surface area contributed by atoms with Crippen LogP contribution in [0, 0.1) is 0 Å². The van der Waals surface area contributed by atoms with Gasteiger partial charge in [0.25, 0.3) is 0 Å². The second-order valence-electron chi connectivity index (χ2n) is 5.79. The number of likely N-dealkylation sites (N-methyl/N-ethyl adjacent to an activating group) is 2. The van der Waals surface area contributed by atoms with Crippen LogP contribution in [0.3, 0.4) is 0 Å². The van der Waals surface area contributed by atoms with E-state index in [0.29, 0.717) is 6.04 Å². The van der Waals surface area contributed by atoms with Gasteiger partial charge in [0.1, 0.15) is 0 Å².